The molecular formula is C26H33N3O4. The average Bonchev–Trinajstić information content (AvgIpc) is 2.87. The highest BCUT2D eigenvalue weighted by Gasteiger charge is 2.44. The minimum atomic E-state index is -1.03. The van der Waals surface area contributed by atoms with Crippen LogP contribution in [0.5, 0.6) is 0 Å². The summed E-state index contributed by atoms with van der Waals surface area (Å²) in [5.41, 5.74) is 1.00. The number of esters is 1. The van der Waals surface area contributed by atoms with Crippen LogP contribution >= 0.6 is 0 Å². The maximum atomic E-state index is 12.7. The summed E-state index contributed by atoms with van der Waals surface area (Å²) in [5, 5.41) is 5.73. The van der Waals surface area contributed by atoms with Crippen molar-refractivity contribution in [1.29, 1.82) is 0 Å². The molecule has 1 fully saturated rings. The second-order valence-electron chi connectivity index (χ2n) is 8.49. The molecule has 2 aromatic rings. The number of hydrogen-bond donors (Lipinski definition) is 2. The number of likely N-dealkylation sites (N-methyl/N-ethyl adjacent to an activating group) is 1. The van der Waals surface area contributed by atoms with Crippen LogP contribution in [0, 0.1) is 0 Å². The number of likely N-dealkylation sites (tertiary alicyclic amines) is 1. The number of amides is 2. The molecule has 3 rings (SSSR count). The molecule has 1 heterocycles. The van der Waals surface area contributed by atoms with Gasteiger partial charge in [-0.25, -0.2) is 4.79 Å². The first-order valence-corrected chi connectivity index (χ1v) is 11.4. The van der Waals surface area contributed by atoms with Gasteiger partial charge in [0.05, 0.1) is 13.0 Å². The molecule has 0 radical (unpaired) electrons. The molecule has 0 bridgehead atoms. The van der Waals surface area contributed by atoms with E-state index in [1.807, 2.05) is 60.7 Å². The molecule has 2 amide bonds. The molecule has 1 aliphatic heterocycles. The Balaban J connectivity index is 1.62. The largest absolute Gasteiger partial charge is 0.467 e. The van der Waals surface area contributed by atoms with Crippen LogP contribution in [0.1, 0.15) is 36.3 Å². The van der Waals surface area contributed by atoms with Crippen molar-refractivity contribution in [3.8, 4) is 0 Å². The van der Waals surface area contributed by atoms with E-state index >= 15 is 0 Å². The quantitative estimate of drug-likeness (QED) is 0.571. The lowest BCUT2D eigenvalue weighted by Crippen LogP contribution is -2.60. The van der Waals surface area contributed by atoms with E-state index in [1.54, 1.807) is 7.05 Å². The first kappa shape index (κ1) is 24.5. The predicted octanol–water partition coefficient (Wildman–Crippen LogP) is 2.27. The lowest BCUT2D eigenvalue weighted by molar-refractivity contribution is -0.153. The number of rotatable bonds is 9. The van der Waals surface area contributed by atoms with Gasteiger partial charge >= 0.3 is 5.97 Å². The van der Waals surface area contributed by atoms with Crippen molar-refractivity contribution >= 4 is 17.8 Å². The van der Waals surface area contributed by atoms with E-state index in [0.717, 1.165) is 11.1 Å². The van der Waals surface area contributed by atoms with Gasteiger partial charge in [-0.15, -0.1) is 0 Å². The summed E-state index contributed by atoms with van der Waals surface area (Å²) in [4.78, 5) is 40.1. The fraction of sp³-hybridized carbons (Fsp3) is 0.423. The van der Waals surface area contributed by atoms with Crippen LogP contribution in [0.25, 0.3) is 0 Å². The highest BCUT2D eigenvalue weighted by molar-refractivity contribution is 5.88. The monoisotopic (exact) mass is 451 g/mol. The van der Waals surface area contributed by atoms with Crippen molar-refractivity contribution in [1.82, 2.24) is 15.5 Å². The number of carbonyl (C=O) groups excluding carboxylic acids is 3. The SMILES string of the molecule is CNC(=O)C(CN1CCC(NC(=O)CCc2ccccc2)(C(=O)OC)CC1)c1ccccc1. The van der Waals surface area contributed by atoms with E-state index < -0.39 is 11.5 Å². The van der Waals surface area contributed by atoms with E-state index in [2.05, 4.69) is 15.5 Å². The minimum Gasteiger partial charge on any atom is -0.467 e. The van der Waals surface area contributed by atoms with Crippen LogP contribution in [-0.2, 0) is 25.5 Å². The third kappa shape index (κ3) is 6.42. The van der Waals surface area contributed by atoms with Crippen molar-refractivity contribution in [2.24, 2.45) is 0 Å². The van der Waals surface area contributed by atoms with E-state index in [4.69, 9.17) is 4.74 Å². The fourth-order valence-electron chi connectivity index (χ4n) is 4.38. The van der Waals surface area contributed by atoms with Gasteiger partial charge in [-0.3, -0.25) is 9.59 Å². The molecule has 0 aromatic heterocycles. The van der Waals surface area contributed by atoms with Crippen LogP contribution in [0.15, 0.2) is 60.7 Å². The van der Waals surface area contributed by atoms with E-state index in [0.29, 0.717) is 45.3 Å². The molecule has 1 aliphatic rings. The third-order valence-electron chi connectivity index (χ3n) is 6.35. The van der Waals surface area contributed by atoms with Gasteiger partial charge in [0.15, 0.2) is 0 Å². The van der Waals surface area contributed by atoms with Gasteiger partial charge in [-0.05, 0) is 30.4 Å². The van der Waals surface area contributed by atoms with Gasteiger partial charge in [0, 0.05) is 33.1 Å². The Bertz CT molecular complexity index is 925. The highest BCUT2D eigenvalue weighted by Crippen LogP contribution is 2.27. The van der Waals surface area contributed by atoms with Crippen LogP contribution in [0.2, 0.25) is 0 Å². The summed E-state index contributed by atoms with van der Waals surface area (Å²) in [7, 11) is 2.99. The molecule has 1 atom stereocenters. The molecule has 2 aromatic carbocycles. The maximum Gasteiger partial charge on any atom is 0.331 e. The van der Waals surface area contributed by atoms with Gasteiger partial charge < -0.3 is 20.3 Å². The van der Waals surface area contributed by atoms with Gasteiger partial charge in [-0.2, -0.15) is 0 Å². The molecule has 1 unspecified atom stereocenters. The van der Waals surface area contributed by atoms with Crippen molar-refractivity contribution < 1.29 is 19.1 Å². The fourth-order valence-corrected chi connectivity index (χ4v) is 4.38. The molecule has 7 nitrogen and oxygen atoms in total. The Morgan fingerprint density at radius 1 is 1.00 bits per heavy atom. The van der Waals surface area contributed by atoms with Crippen molar-refractivity contribution in [2.75, 3.05) is 33.8 Å². The number of nitrogens with one attached hydrogen (secondary N) is 2. The van der Waals surface area contributed by atoms with Crippen molar-refractivity contribution in [3.63, 3.8) is 0 Å². The second-order valence-corrected chi connectivity index (χ2v) is 8.49. The molecule has 0 spiro atoms. The van der Waals surface area contributed by atoms with Crippen LogP contribution in [0.4, 0.5) is 0 Å². The summed E-state index contributed by atoms with van der Waals surface area (Å²) < 4.78 is 5.06. The van der Waals surface area contributed by atoms with Crippen molar-refractivity contribution in [3.05, 3.63) is 71.8 Å². The Morgan fingerprint density at radius 2 is 1.61 bits per heavy atom. The number of aryl methyl sites for hydroxylation is 1. The van der Waals surface area contributed by atoms with Gasteiger partial charge in [-0.1, -0.05) is 60.7 Å². The zero-order valence-corrected chi connectivity index (χ0v) is 19.4. The molecule has 176 valence electrons. The Hall–Kier alpha value is -3.19. The van der Waals surface area contributed by atoms with Crippen LogP contribution in [0.3, 0.4) is 0 Å². The van der Waals surface area contributed by atoms with Gasteiger partial charge in [0.2, 0.25) is 11.8 Å². The topological polar surface area (TPSA) is 87.7 Å². The first-order chi connectivity index (χ1) is 16.0. The Kier molecular flexibility index (Phi) is 8.60. The Labute approximate surface area is 195 Å². The lowest BCUT2D eigenvalue weighted by Gasteiger charge is -2.41. The highest BCUT2D eigenvalue weighted by atomic mass is 16.5. The summed E-state index contributed by atoms with van der Waals surface area (Å²) in [5.74, 6) is -0.922. The third-order valence-corrected chi connectivity index (χ3v) is 6.35. The molecule has 0 aliphatic carbocycles. The standard InChI is InChI=1S/C26H33N3O4/c1-27-24(31)22(21-11-7-4-8-12-21)19-29-17-15-26(16-18-29,25(32)33-2)28-23(30)14-13-20-9-5-3-6-10-20/h3-12,22H,13-19H2,1-2H3,(H,27,31)(H,28,30). The smallest absolute Gasteiger partial charge is 0.331 e. The molecule has 0 saturated carbocycles. The molecule has 1 saturated heterocycles. The predicted molar refractivity (Wildman–Crippen MR) is 127 cm³/mol. The maximum absolute atomic E-state index is 12.7. The van der Waals surface area contributed by atoms with E-state index in [1.165, 1.54) is 7.11 Å². The normalized spacial score (nSPS) is 16.4. The van der Waals surface area contributed by atoms with Gasteiger partial charge in [0.1, 0.15) is 5.54 Å². The van der Waals surface area contributed by atoms with E-state index in [9.17, 15) is 14.4 Å². The number of ether oxygens (including phenoxy) is 1. The molecule has 2 N–H and O–H groups in total. The number of hydrogen-bond acceptors (Lipinski definition) is 5. The zero-order valence-electron chi connectivity index (χ0n) is 19.4. The van der Waals surface area contributed by atoms with Crippen LogP contribution in [-0.4, -0.2) is 62.0 Å². The minimum absolute atomic E-state index is 0.0415. The van der Waals surface area contributed by atoms with Crippen molar-refractivity contribution in [2.45, 2.75) is 37.1 Å². The number of piperidine rings is 1. The zero-order chi connectivity index (χ0) is 23.7. The van der Waals surface area contributed by atoms with Crippen LogP contribution < -0.4 is 10.6 Å². The molecular weight excluding hydrogens is 418 g/mol. The van der Waals surface area contributed by atoms with E-state index in [-0.39, 0.29) is 17.7 Å². The lowest BCUT2D eigenvalue weighted by atomic mass is 9.86. The molecule has 7 heteroatoms. The second kappa shape index (κ2) is 11.6. The number of nitrogens with zero attached hydrogens (tertiary/aromatic N) is 1. The summed E-state index contributed by atoms with van der Waals surface area (Å²) in [6.07, 6.45) is 1.79. The van der Waals surface area contributed by atoms with Gasteiger partial charge in [0.25, 0.3) is 0 Å². The summed E-state index contributed by atoms with van der Waals surface area (Å²) in [6.45, 7) is 1.70. The number of benzene rings is 2. The number of carbonyl (C=O) groups is 3. The summed E-state index contributed by atoms with van der Waals surface area (Å²) >= 11 is 0. The summed E-state index contributed by atoms with van der Waals surface area (Å²) in [6, 6.07) is 19.5. The Morgan fingerprint density at radius 3 is 2.18 bits per heavy atom. The average molecular weight is 452 g/mol. The number of methoxy groups -OCH3 is 1. The molecule has 33 heavy (non-hydrogen) atoms. The first-order valence-electron chi connectivity index (χ1n) is 11.4.